The van der Waals surface area contributed by atoms with Gasteiger partial charge in [0.1, 0.15) is 0 Å². The van der Waals surface area contributed by atoms with Crippen molar-refractivity contribution >= 4 is 22.8 Å². The van der Waals surface area contributed by atoms with Crippen LogP contribution in [0.2, 0.25) is 0 Å². The van der Waals surface area contributed by atoms with Crippen LogP contribution < -0.4 is 4.90 Å². The summed E-state index contributed by atoms with van der Waals surface area (Å²) in [5, 5.41) is 16.4. The molecule has 1 amide bonds. The van der Waals surface area contributed by atoms with Crippen molar-refractivity contribution in [2.75, 3.05) is 25.5 Å². The van der Waals surface area contributed by atoms with Crippen molar-refractivity contribution in [3.8, 4) is 0 Å². The number of nitrogens with one attached hydrogen (secondary N) is 1. The quantitative estimate of drug-likeness (QED) is 0.758. The Bertz CT molecular complexity index is 963. The highest BCUT2D eigenvalue weighted by molar-refractivity contribution is 5.97. The van der Waals surface area contributed by atoms with Gasteiger partial charge in [0.2, 0.25) is 0 Å². The van der Waals surface area contributed by atoms with Gasteiger partial charge in [-0.25, -0.2) is 4.98 Å². The van der Waals surface area contributed by atoms with Crippen LogP contribution in [-0.4, -0.2) is 56.8 Å². The number of aromatic amines is 1. The Labute approximate surface area is 144 Å². The topological polar surface area (TPSA) is 90.9 Å². The molecule has 0 saturated carbocycles. The lowest BCUT2D eigenvalue weighted by Gasteiger charge is -2.28. The van der Waals surface area contributed by atoms with Gasteiger partial charge in [-0.15, -0.1) is 5.10 Å². The first-order valence-electron chi connectivity index (χ1n) is 8.15. The number of H-pyrrole nitrogens is 1. The molecule has 0 radical (unpaired) electrons. The minimum absolute atomic E-state index is 0.0242. The number of hydrogen-bond acceptors (Lipinski definition) is 6. The summed E-state index contributed by atoms with van der Waals surface area (Å²) < 4.78 is 0. The molecule has 8 heteroatoms. The second-order valence-corrected chi connectivity index (χ2v) is 6.49. The van der Waals surface area contributed by atoms with E-state index >= 15 is 0 Å². The van der Waals surface area contributed by atoms with Crippen molar-refractivity contribution in [2.45, 2.75) is 19.9 Å². The molecular weight excluding hydrogens is 318 g/mol. The van der Waals surface area contributed by atoms with Crippen molar-refractivity contribution in [2.24, 2.45) is 0 Å². The lowest BCUT2D eigenvalue weighted by molar-refractivity contribution is 0.0733. The van der Waals surface area contributed by atoms with Gasteiger partial charge in [0.05, 0.1) is 11.3 Å². The highest BCUT2D eigenvalue weighted by Gasteiger charge is 2.24. The molecule has 0 bridgehead atoms. The third kappa shape index (κ3) is 2.69. The number of carbonyl (C=O) groups excluding carboxylic acids is 1. The SMILES string of the molecule is Cc1[nH]nc2ncc(C(=O)N3CCc4nnc(N(C)C)cc4C3)cc12. The zero-order chi connectivity index (χ0) is 17.6. The van der Waals surface area contributed by atoms with Gasteiger partial charge >= 0.3 is 0 Å². The lowest BCUT2D eigenvalue weighted by atomic mass is 10.1. The van der Waals surface area contributed by atoms with Crippen LogP contribution in [0.1, 0.15) is 27.3 Å². The Kier molecular flexibility index (Phi) is 3.60. The number of aryl methyl sites for hydroxylation is 1. The summed E-state index contributed by atoms with van der Waals surface area (Å²) in [6.07, 6.45) is 2.30. The average Bonchev–Trinajstić information content (AvgIpc) is 3.00. The fourth-order valence-electron chi connectivity index (χ4n) is 3.03. The van der Waals surface area contributed by atoms with Gasteiger partial charge in [-0.05, 0) is 24.6 Å². The molecule has 128 valence electrons. The fourth-order valence-corrected chi connectivity index (χ4v) is 3.03. The molecule has 0 aliphatic carbocycles. The Balaban J connectivity index is 1.62. The Morgan fingerprint density at radius 1 is 1.28 bits per heavy atom. The zero-order valence-electron chi connectivity index (χ0n) is 14.4. The summed E-state index contributed by atoms with van der Waals surface area (Å²) in [6.45, 7) is 3.08. The van der Waals surface area contributed by atoms with Gasteiger partial charge in [-0.1, -0.05) is 0 Å². The summed E-state index contributed by atoms with van der Waals surface area (Å²) in [6, 6.07) is 3.86. The predicted molar refractivity (Wildman–Crippen MR) is 93.4 cm³/mol. The lowest BCUT2D eigenvalue weighted by Crippen LogP contribution is -2.36. The summed E-state index contributed by atoms with van der Waals surface area (Å²) in [5.74, 6) is 0.772. The predicted octanol–water partition coefficient (Wildman–Crippen LogP) is 1.32. The fraction of sp³-hybridized carbons (Fsp3) is 0.353. The monoisotopic (exact) mass is 337 g/mol. The molecule has 25 heavy (non-hydrogen) atoms. The molecule has 1 aliphatic heterocycles. The normalized spacial score (nSPS) is 13.8. The molecule has 3 aromatic heterocycles. The number of carbonyl (C=O) groups is 1. The number of nitrogens with zero attached hydrogens (tertiary/aromatic N) is 6. The molecule has 1 aliphatic rings. The van der Waals surface area contributed by atoms with Crippen LogP contribution in [0.25, 0.3) is 11.0 Å². The van der Waals surface area contributed by atoms with Gasteiger partial charge in [-0.3, -0.25) is 9.89 Å². The smallest absolute Gasteiger partial charge is 0.255 e. The average molecular weight is 337 g/mol. The first-order valence-corrected chi connectivity index (χ1v) is 8.15. The molecule has 1 N–H and O–H groups in total. The van der Waals surface area contributed by atoms with E-state index in [-0.39, 0.29) is 5.91 Å². The number of aromatic nitrogens is 5. The number of pyridine rings is 1. The van der Waals surface area contributed by atoms with Gasteiger partial charge in [0, 0.05) is 50.9 Å². The van der Waals surface area contributed by atoms with Gasteiger partial charge in [0.15, 0.2) is 11.5 Å². The van der Waals surface area contributed by atoms with E-state index in [2.05, 4.69) is 25.4 Å². The summed E-state index contributed by atoms with van der Waals surface area (Å²) >= 11 is 0. The van der Waals surface area contributed by atoms with E-state index in [1.54, 1.807) is 6.20 Å². The van der Waals surface area contributed by atoms with Crippen LogP contribution in [0.4, 0.5) is 5.82 Å². The third-order valence-electron chi connectivity index (χ3n) is 4.52. The molecule has 0 atom stereocenters. The van der Waals surface area contributed by atoms with E-state index in [0.29, 0.717) is 30.7 Å². The maximum Gasteiger partial charge on any atom is 0.255 e. The van der Waals surface area contributed by atoms with Crippen molar-refractivity contribution in [1.82, 2.24) is 30.3 Å². The van der Waals surface area contributed by atoms with Gasteiger partial charge < -0.3 is 9.80 Å². The van der Waals surface area contributed by atoms with E-state index in [4.69, 9.17) is 0 Å². The standard InChI is InChI=1S/C17H19N7O/c1-10-13-6-11(8-18-16(13)22-19-10)17(25)24-5-4-14-12(9-24)7-15(21-20-14)23(2)3/h6-8H,4-5,9H2,1-3H3,(H,18,19,22). The van der Waals surface area contributed by atoms with Crippen molar-refractivity contribution in [1.29, 1.82) is 0 Å². The maximum absolute atomic E-state index is 12.9. The summed E-state index contributed by atoms with van der Waals surface area (Å²) in [7, 11) is 3.85. The second kappa shape index (κ2) is 5.80. The molecule has 0 spiro atoms. The number of fused-ring (bicyclic) bond motifs is 2. The first kappa shape index (κ1) is 15.5. The Hall–Kier alpha value is -3.03. The molecule has 0 fully saturated rings. The minimum atomic E-state index is -0.0242. The van der Waals surface area contributed by atoms with Crippen LogP contribution in [-0.2, 0) is 13.0 Å². The number of amides is 1. The Morgan fingerprint density at radius 3 is 2.92 bits per heavy atom. The van der Waals surface area contributed by atoms with Gasteiger partial charge in [-0.2, -0.15) is 10.2 Å². The number of hydrogen-bond donors (Lipinski definition) is 1. The highest BCUT2D eigenvalue weighted by Crippen LogP contribution is 2.22. The van der Waals surface area contributed by atoms with E-state index < -0.39 is 0 Å². The van der Waals surface area contributed by atoms with Crippen LogP contribution in [0.15, 0.2) is 18.3 Å². The molecule has 4 heterocycles. The van der Waals surface area contributed by atoms with Crippen molar-refractivity contribution in [3.63, 3.8) is 0 Å². The maximum atomic E-state index is 12.9. The molecule has 3 aromatic rings. The van der Waals surface area contributed by atoms with Crippen molar-refractivity contribution in [3.05, 3.63) is 40.8 Å². The van der Waals surface area contributed by atoms with Gasteiger partial charge in [0.25, 0.3) is 5.91 Å². The van der Waals surface area contributed by atoms with Crippen LogP contribution in [0.3, 0.4) is 0 Å². The van der Waals surface area contributed by atoms with E-state index in [0.717, 1.165) is 28.2 Å². The first-order chi connectivity index (χ1) is 12.0. The van der Waals surface area contributed by atoms with Crippen LogP contribution in [0, 0.1) is 6.92 Å². The number of anilines is 1. The highest BCUT2D eigenvalue weighted by atomic mass is 16.2. The number of rotatable bonds is 2. The summed E-state index contributed by atoms with van der Waals surface area (Å²) in [5.41, 5.74) is 4.13. The third-order valence-corrected chi connectivity index (χ3v) is 4.52. The molecule has 4 rings (SSSR count). The van der Waals surface area contributed by atoms with Crippen LogP contribution >= 0.6 is 0 Å². The molecule has 0 unspecified atom stereocenters. The van der Waals surface area contributed by atoms with Crippen LogP contribution in [0.5, 0.6) is 0 Å². The minimum Gasteiger partial charge on any atom is -0.361 e. The molecular formula is C17H19N7O. The largest absolute Gasteiger partial charge is 0.361 e. The zero-order valence-corrected chi connectivity index (χ0v) is 14.4. The molecule has 8 nitrogen and oxygen atoms in total. The second-order valence-electron chi connectivity index (χ2n) is 6.49. The summed E-state index contributed by atoms with van der Waals surface area (Å²) in [4.78, 5) is 20.9. The van der Waals surface area contributed by atoms with Crippen molar-refractivity contribution < 1.29 is 4.79 Å². The van der Waals surface area contributed by atoms with E-state index in [1.165, 1.54) is 0 Å². The Morgan fingerprint density at radius 2 is 2.12 bits per heavy atom. The van der Waals surface area contributed by atoms with E-state index in [9.17, 15) is 4.79 Å². The van der Waals surface area contributed by atoms with E-state index in [1.807, 2.05) is 43.0 Å². The molecule has 0 aromatic carbocycles. The molecule has 0 saturated heterocycles.